The van der Waals surface area contributed by atoms with Crippen LogP contribution >= 0.6 is 0 Å². The number of nitrogens with two attached hydrogens (primary N) is 1. The van der Waals surface area contributed by atoms with E-state index in [0.717, 1.165) is 12.0 Å². The first kappa shape index (κ1) is 8.51. The number of methoxy groups -OCH3 is 1. The van der Waals surface area contributed by atoms with Gasteiger partial charge in [0.05, 0.1) is 7.11 Å². The summed E-state index contributed by atoms with van der Waals surface area (Å²) in [5.74, 6) is 0.331. The number of rotatable bonds is 2. The zero-order valence-corrected chi connectivity index (χ0v) is 7.46. The van der Waals surface area contributed by atoms with Gasteiger partial charge in [0, 0.05) is 12.0 Å². The summed E-state index contributed by atoms with van der Waals surface area (Å²) in [6, 6.07) is 5.25. The quantitative estimate of drug-likeness (QED) is 0.752. The van der Waals surface area contributed by atoms with Crippen molar-refractivity contribution in [3.05, 3.63) is 29.6 Å². The number of hydrogen-bond acceptors (Lipinski definition) is 2. The summed E-state index contributed by atoms with van der Waals surface area (Å²) in [5.41, 5.74) is 6.64. The summed E-state index contributed by atoms with van der Waals surface area (Å²) in [6.07, 6.45) is 0.964. The lowest BCUT2D eigenvalue weighted by Gasteiger charge is -2.03. The summed E-state index contributed by atoms with van der Waals surface area (Å²) in [5, 5.41) is 0. The Morgan fingerprint density at radius 2 is 2.23 bits per heavy atom. The Bertz CT molecular complexity index is 327. The van der Waals surface area contributed by atoms with Crippen molar-refractivity contribution in [3.8, 4) is 5.75 Å². The summed E-state index contributed by atoms with van der Waals surface area (Å²) >= 11 is 0. The van der Waals surface area contributed by atoms with Crippen molar-refractivity contribution < 1.29 is 9.13 Å². The smallest absolute Gasteiger partial charge is 0.165 e. The molecule has 1 fully saturated rings. The first-order valence-corrected chi connectivity index (χ1v) is 4.31. The molecule has 2 atom stereocenters. The van der Waals surface area contributed by atoms with Gasteiger partial charge in [-0.1, -0.05) is 6.07 Å². The van der Waals surface area contributed by atoms with Gasteiger partial charge in [0.15, 0.2) is 11.6 Å². The molecule has 0 bridgehead atoms. The zero-order valence-electron chi connectivity index (χ0n) is 7.46. The molecule has 1 aromatic carbocycles. The minimum absolute atomic E-state index is 0.216. The molecule has 1 aliphatic rings. The summed E-state index contributed by atoms with van der Waals surface area (Å²) in [7, 11) is 1.46. The molecule has 3 heteroatoms. The second-order valence-corrected chi connectivity index (χ2v) is 3.40. The van der Waals surface area contributed by atoms with E-state index in [9.17, 15) is 4.39 Å². The Morgan fingerprint density at radius 3 is 2.69 bits per heavy atom. The molecular weight excluding hydrogens is 169 g/mol. The van der Waals surface area contributed by atoms with E-state index in [4.69, 9.17) is 10.5 Å². The van der Waals surface area contributed by atoms with Gasteiger partial charge in [0.1, 0.15) is 0 Å². The highest BCUT2D eigenvalue weighted by Crippen LogP contribution is 2.39. The molecule has 2 rings (SSSR count). The van der Waals surface area contributed by atoms with Gasteiger partial charge >= 0.3 is 0 Å². The van der Waals surface area contributed by atoms with Gasteiger partial charge in [0.25, 0.3) is 0 Å². The maximum Gasteiger partial charge on any atom is 0.165 e. The Labute approximate surface area is 76.5 Å². The van der Waals surface area contributed by atoms with Gasteiger partial charge < -0.3 is 10.5 Å². The van der Waals surface area contributed by atoms with E-state index in [-0.39, 0.29) is 17.6 Å². The van der Waals surface area contributed by atoms with Crippen LogP contribution < -0.4 is 10.5 Å². The molecule has 0 radical (unpaired) electrons. The number of ether oxygens (including phenoxy) is 1. The molecule has 2 N–H and O–H groups in total. The van der Waals surface area contributed by atoms with Crippen molar-refractivity contribution in [2.75, 3.05) is 7.11 Å². The first-order valence-electron chi connectivity index (χ1n) is 4.31. The largest absolute Gasteiger partial charge is 0.494 e. The molecular formula is C10H12FNO. The van der Waals surface area contributed by atoms with Crippen LogP contribution in [0.3, 0.4) is 0 Å². The molecule has 0 aliphatic heterocycles. The van der Waals surface area contributed by atoms with Gasteiger partial charge in [0.2, 0.25) is 0 Å². The van der Waals surface area contributed by atoms with Crippen molar-refractivity contribution in [1.29, 1.82) is 0 Å². The lowest BCUT2D eigenvalue weighted by atomic mass is 10.1. The van der Waals surface area contributed by atoms with Crippen LogP contribution in [0.1, 0.15) is 17.9 Å². The summed E-state index contributed by atoms with van der Waals surface area (Å²) in [4.78, 5) is 0. The molecule has 0 aromatic heterocycles. The van der Waals surface area contributed by atoms with E-state index < -0.39 is 0 Å². The molecule has 0 heterocycles. The van der Waals surface area contributed by atoms with E-state index in [1.54, 1.807) is 6.07 Å². The lowest BCUT2D eigenvalue weighted by Crippen LogP contribution is -2.01. The van der Waals surface area contributed by atoms with Crippen LogP contribution in [0.15, 0.2) is 18.2 Å². The minimum Gasteiger partial charge on any atom is -0.494 e. The molecule has 1 aliphatic carbocycles. The van der Waals surface area contributed by atoms with Crippen LogP contribution in [0.25, 0.3) is 0 Å². The first-order chi connectivity index (χ1) is 6.22. The fourth-order valence-electron chi connectivity index (χ4n) is 1.51. The molecule has 1 aromatic rings. The fraction of sp³-hybridized carbons (Fsp3) is 0.400. The number of benzene rings is 1. The predicted octanol–water partition coefficient (Wildman–Crippen LogP) is 1.65. The van der Waals surface area contributed by atoms with Gasteiger partial charge in [-0.15, -0.1) is 0 Å². The van der Waals surface area contributed by atoms with Gasteiger partial charge in [-0.25, -0.2) is 4.39 Å². The third-order valence-corrected chi connectivity index (χ3v) is 2.44. The van der Waals surface area contributed by atoms with Crippen molar-refractivity contribution in [2.45, 2.75) is 18.4 Å². The maximum absolute atomic E-state index is 13.2. The van der Waals surface area contributed by atoms with E-state index in [1.807, 2.05) is 6.07 Å². The normalized spacial score (nSPS) is 25.8. The zero-order chi connectivity index (χ0) is 9.42. The van der Waals surface area contributed by atoms with Crippen LogP contribution in [-0.4, -0.2) is 13.2 Å². The standard InChI is InChI=1S/C10H12FNO/c1-13-10-3-2-6(4-8(10)11)7-5-9(7)12/h2-4,7,9H,5,12H2,1H3/t7-,9-/m1/s1. The third-order valence-electron chi connectivity index (χ3n) is 2.44. The highest BCUT2D eigenvalue weighted by atomic mass is 19.1. The molecule has 0 amide bonds. The van der Waals surface area contributed by atoms with E-state index in [2.05, 4.69) is 0 Å². The minimum atomic E-state index is -0.306. The Morgan fingerprint density at radius 1 is 1.54 bits per heavy atom. The van der Waals surface area contributed by atoms with Gasteiger partial charge in [-0.05, 0) is 24.1 Å². The molecule has 0 spiro atoms. The average Bonchev–Trinajstić information content (AvgIpc) is 2.82. The topological polar surface area (TPSA) is 35.2 Å². The van der Waals surface area contributed by atoms with Crippen LogP contribution in [0.2, 0.25) is 0 Å². The van der Waals surface area contributed by atoms with E-state index in [1.165, 1.54) is 13.2 Å². The van der Waals surface area contributed by atoms with Gasteiger partial charge in [-0.3, -0.25) is 0 Å². The monoisotopic (exact) mass is 181 g/mol. The maximum atomic E-state index is 13.2. The average molecular weight is 181 g/mol. The van der Waals surface area contributed by atoms with Crippen molar-refractivity contribution >= 4 is 0 Å². The van der Waals surface area contributed by atoms with E-state index in [0.29, 0.717) is 5.92 Å². The van der Waals surface area contributed by atoms with Crippen molar-refractivity contribution in [1.82, 2.24) is 0 Å². The molecule has 70 valence electrons. The number of hydrogen-bond donors (Lipinski definition) is 1. The molecule has 0 saturated heterocycles. The van der Waals surface area contributed by atoms with Gasteiger partial charge in [-0.2, -0.15) is 0 Å². The SMILES string of the molecule is COc1ccc([C@H]2C[C@H]2N)cc1F. The van der Waals surface area contributed by atoms with Crippen LogP contribution in [0.5, 0.6) is 5.75 Å². The molecule has 1 saturated carbocycles. The molecule has 13 heavy (non-hydrogen) atoms. The second kappa shape index (κ2) is 3.00. The molecule has 2 nitrogen and oxygen atoms in total. The van der Waals surface area contributed by atoms with E-state index >= 15 is 0 Å². The third kappa shape index (κ3) is 1.52. The van der Waals surface area contributed by atoms with Crippen LogP contribution in [0.4, 0.5) is 4.39 Å². The lowest BCUT2D eigenvalue weighted by molar-refractivity contribution is 0.386. The Balaban J connectivity index is 2.25. The summed E-state index contributed by atoms with van der Waals surface area (Å²) in [6.45, 7) is 0. The highest BCUT2D eigenvalue weighted by molar-refractivity contribution is 5.34. The fourth-order valence-corrected chi connectivity index (χ4v) is 1.51. The second-order valence-electron chi connectivity index (χ2n) is 3.40. The Hall–Kier alpha value is -1.09. The van der Waals surface area contributed by atoms with Crippen LogP contribution in [-0.2, 0) is 0 Å². The predicted molar refractivity (Wildman–Crippen MR) is 48.3 cm³/mol. The van der Waals surface area contributed by atoms with Crippen molar-refractivity contribution in [2.24, 2.45) is 5.73 Å². The number of halogens is 1. The van der Waals surface area contributed by atoms with Crippen LogP contribution in [0, 0.1) is 5.82 Å². The highest BCUT2D eigenvalue weighted by Gasteiger charge is 2.35. The molecule has 0 unspecified atom stereocenters. The Kier molecular flexibility index (Phi) is 1.96. The van der Waals surface area contributed by atoms with Crippen molar-refractivity contribution in [3.63, 3.8) is 0 Å². The summed E-state index contributed by atoms with van der Waals surface area (Å²) < 4.78 is 18.0.